The summed E-state index contributed by atoms with van der Waals surface area (Å²) < 4.78 is 12.2. The molecule has 0 atom stereocenters. The molecule has 1 aliphatic rings. The van der Waals surface area contributed by atoms with Gasteiger partial charge in [0.2, 0.25) is 5.82 Å². The van der Waals surface area contributed by atoms with E-state index in [1.165, 1.54) is 12.8 Å². The number of carbonyl (C=O) groups excluding carboxylic acids is 1. The van der Waals surface area contributed by atoms with Crippen molar-refractivity contribution in [1.29, 1.82) is 0 Å². The monoisotopic (exact) mass is 253 g/mol. The van der Waals surface area contributed by atoms with Crippen LogP contribution in [0.3, 0.4) is 0 Å². The number of hydrogen-bond acceptors (Lipinski definition) is 5. The molecule has 0 bridgehead atoms. The van der Waals surface area contributed by atoms with Crippen LogP contribution in [0.15, 0.2) is 0 Å². The van der Waals surface area contributed by atoms with Gasteiger partial charge in [0.05, 0.1) is 13.2 Å². The van der Waals surface area contributed by atoms with Crippen LogP contribution < -0.4 is 0 Å². The highest BCUT2D eigenvalue weighted by Gasteiger charge is 2.21. The molecule has 0 unspecified atom stereocenters. The van der Waals surface area contributed by atoms with E-state index >= 15 is 0 Å². The summed E-state index contributed by atoms with van der Waals surface area (Å²) in [6, 6.07) is 0. The van der Waals surface area contributed by atoms with E-state index in [0.717, 1.165) is 12.5 Å². The molecule has 0 radical (unpaired) electrons. The lowest BCUT2D eigenvalue weighted by molar-refractivity contribution is 0.0500. The summed E-state index contributed by atoms with van der Waals surface area (Å²) in [6.45, 7) is 5.89. The van der Waals surface area contributed by atoms with Gasteiger partial charge in [-0.15, -0.1) is 10.2 Å². The Labute approximate surface area is 106 Å². The maximum Gasteiger partial charge on any atom is 0.376 e. The second kappa shape index (κ2) is 5.95. The van der Waals surface area contributed by atoms with Crippen LogP contribution in [0.4, 0.5) is 0 Å². The zero-order chi connectivity index (χ0) is 13.0. The van der Waals surface area contributed by atoms with Gasteiger partial charge >= 0.3 is 5.97 Å². The molecule has 1 aromatic heterocycles. The van der Waals surface area contributed by atoms with Gasteiger partial charge in [0, 0.05) is 13.2 Å². The fourth-order valence-electron chi connectivity index (χ4n) is 1.69. The standard InChI is InChI=1S/C12H19N3O3/c1-3-18-12(16)11-14-13-9(2)15(11)6-7-17-8-10-4-5-10/h10H,3-8H2,1-2H3. The average molecular weight is 253 g/mol. The van der Waals surface area contributed by atoms with Crippen LogP contribution in [0.25, 0.3) is 0 Å². The third-order valence-corrected chi connectivity index (χ3v) is 2.90. The highest BCUT2D eigenvalue weighted by Crippen LogP contribution is 2.28. The van der Waals surface area contributed by atoms with Gasteiger partial charge in [0.1, 0.15) is 5.82 Å². The molecule has 0 amide bonds. The smallest absolute Gasteiger partial charge is 0.376 e. The quantitative estimate of drug-likeness (QED) is 0.539. The predicted molar refractivity (Wildman–Crippen MR) is 64.3 cm³/mol. The summed E-state index contributed by atoms with van der Waals surface area (Å²) in [6.07, 6.45) is 2.56. The van der Waals surface area contributed by atoms with E-state index in [1.54, 1.807) is 11.5 Å². The molecule has 1 saturated carbocycles. The van der Waals surface area contributed by atoms with Crippen molar-refractivity contribution in [1.82, 2.24) is 14.8 Å². The Kier molecular flexibility index (Phi) is 4.30. The summed E-state index contributed by atoms with van der Waals surface area (Å²) >= 11 is 0. The first-order chi connectivity index (χ1) is 8.72. The largest absolute Gasteiger partial charge is 0.460 e. The number of esters is 1. The maximum atomic E-state index is 11.6. The van der Waals surface area contributed by atoms with Crippen molar-refractivity contribution in [3.63, 3.8) is 0 Å². The number of aromatic nitrogens is 3. The molecule has 18 heavy (non-hydrogen) atoms. The van der Waals surface area contributed by atoms with Crippen molar-refractivity contribution in [3.05, 3.63) is 11.6 Å². The average Bonchev–Trinajstić information content (AvgIpc) is 3.09. The molecule has 2 rings (SSSR count). The van der Waals surface area contributed by atoms with Gasteiger partial charge in [0.15, 0.2) is 0 Å². The normalized spacial score (nSPS) is 14.8. The van der Waals surface area contributed by atoms with Crippen LogP contribution in [0.2, 0.25) is 0 Å². The highest BCUT2D eigenvalue weighted by atomic mass is 16.5. The van der Waals surface area contributed by atoms with Crippen molar-refractivity contribution in [2.24, 2.45) is 5.92 Å². The third-order valence-electron chi connectivity index (χ3n) is 2.90. The van der Waals surface area contributed by atoms with Crippen LogP contribution in [0, 0.1) is 12.8 Å². The third kappa shape index (κ3) is 3.29. The first-order valence-corrected chi connectivity index (χ1v) is 6.37. The first kappa shape index (κ1) is 13.0. The zero-order valence-corrected chi connectivity index (χ0v) is 10.9. The SMILES string of the molecule is CCOC(=O)c1nnc(C)n1CCOCC1CC1. The molecular weight excluding hydrogens is 234 g/mol. The van der Waals surface area contributed by atoms with Crippen molar-refractivity contribution >= 4 is 5.97 Å². The van der Waals surface area contributed by atoms with Gasteiger partial charge in [0.25, 0.3) is 0 Å². The number of nitrogens with zero attached hydrogens (tertiary/aromatic N) is 3. The van der Waals surface area contributed by atoms with Crippen LogP contribution in [0.5, 0.6) is 0 Å². The lowest BCUT2D eigenvalue weighted by Gasteiger charge is -2.08. The molecule has 0 N–H and O–H groups in total. The van der Waals surface area contributed by atoms with E-state index in [-0.39, 0.29) is 5.82 Å². The van der Waals surface area contributed by atoms with Crippen molar-refractivity contribution in [2.75, 3.05) is 19.8 Å². The van der Waals surface area contributed by atoms with Gasteiger partial charge < -0.3 is 14.0 Å². The molecule has 0 saturated heterocycles. The van der Waals surface area contributed by atoms with E-state index in [9.17, 15) is 4.79 Å². The van der Waals surface area contributed by atoms with E-state index in [0.29, 0.717) is 25.6 Å². The molecule has 1 fully saturated rings. The van der Waals surface area contributed by atoms with Crippen molar-refractivity contribution < 1.29 is 14.3 Å². The minimum absolute atomic E-state index is 0.254. The highest BCUT2D eigenvalue weighted by molar-refractivity contribution is 5.85. The Morgan fingerprint density at radius 1 is 1.44 bits per heavy atom. The maximum absolute atomic E-state index is 11.6. The van der Waals surface area contributed by atoms with Crippen molar-refractivity contribution in [2.45, 2.75) is 33.2 Å². The Bertz CT molecular complexity index is 413. The van der Waals surface area contributed by atoms with Gasteiger partial charge in [-0.3, -0.25) is 0 Å². The number of carbonyl (C=O) groups is 1. The molecular formula is C12H19N3O3. The number of hydrogen-bond donors (Lipinski definition) is 0. The van der Waals surface area contributed by atoms with Crippen LogP contribution in [0.1, 0.15) is 36.2 Å². The second-order valence-corrected chi connectivity index (χ2v) is 4.46. The summed E-state index contributed by atoms with van der Waals surface area (Å²) in [5.41, 5.74) is 0. The van der Waals surface area contributed by atoms with Gasteiger partial charge in [-0.25, -0.2) is 4.79 Å². The molecule has 1 aromatic rings. The van der Waals surface area contributed by atoms with E-state index < -0.39 is 5.97 Å². The minimum atomic E-state index is -0.430. The molecule has 1 heterocycles. The molecule has 6 nitrogen and oxygen atoms in total. The Morgan fingerprint density at radius 2 is 2.22 bits per heavy atom. The summed E-state index contributed by atoms with van der Waals surface area (Å²) in [5, 5.41) is 7.75. The molecule has 0 aromatic carbocycles. The second-order valence-electron chi connectivity index (χ2n) is 4.46. The molecule has 100 valence electrons. The Hall–Kier alpha value is -1.43. The number of rotatable bonds is 7. The van der Waals surface area contributed by atoms with E-state index in [4.69, 9.17) is 9.47 Å². The summed E-state index contributed by atoms with van der Waals surface area (Å²) in [7, 11) is 0. The molecule has 1 aliphatic carbocycles. The lowest BCUT2D eigenvalue weighted by Crippen LogP contribution is -2.17. The predicted octanol–water partition coefficient (Wildman–Crippen LogP) is 1.19. The number of aryl methyl sites for hydroxylation is 1. The van der Waals surface area contributed by atoms with Gasteiger partial charge in [-0.2, -0.15) is 0 Å². The molecule has 6 heteroatoms. The Balaban J connectivity index is 1.88. The minimum Gasteiger partial charge on any atom is -0.460 e. The molecule has 0 spiro atoms. The first-order valence-electron chi connectivity index (χ1n) is 6.37. The van der Waals surface area contributed by atoms with E-state index in [2.05, 4.69) is 10.2 Å². The number of ether oxygens (including phenoxy) is 2. The summed E-state index contributed by atoms with van der Waals surface area (Å²) in [5.74, 6) is 1.27. The van der Waals surface area contributed by atoms with Crippen molar-refractivity contribution in [3.8, 4) is 0 Å². The topological polar surface area (TPSA) is 66.2 Å². The Morgan fingerprint density at radius 3 is 2.89 bits per heavy atom. The van der Waals surface area contributed by atoms with Gasteiger partial charge in [-0.1, -0.05) is 0 Å². The van der Waals surface area contributed by atoms with Gasteiger partial charge in [-0.05, 0) is 32.6 Å². The van der Waals surface area contributed by atoms with Crippen LogP contribution in [-0.4, -0.2) is 40.6 Å². The fourth-order valence-corrected chi connectivity index (χ4v) is 1.69. The molecule has 0 aliphatic heterocycles. The zero-order valence-electron chi connectivity index (χ0n) is 10.9. The lowest BCUT2D eigenvalue weighted by atomic mass is 10.4. The van der Waals surface area contributed by atoms with Crippen LogP contribution >= 0.6 is 0 Å². The van der Waals surface area contributed by atoms with Crippen LogP contribution in [-0.2, 0) is 16.0 Å². The van der Waals surface area contributed by atoms with E-state index in [1.807, 2.05) is 6.92 Å². The summed E-state index contributed by atoms with van der Waals surface area (Å²) in [4.78, 5) is 11.6. The fraction of sp³-hybridized carbons (Fsp3) is 0.750.